The van der Waals surface area contributed by atoms with Crippen LogP contribution in [0.1, 0.15) is 20.3 Å². The van der Waals surface area contributed by atoms with E-state index in [1.165, 1.54) is 0 Å². The minimum atomic E-state index is -0.0703. The first-order valence-corrected chi connectivity index (χ1v) is 5.13. The van der Waals surface area contributed by atoms with Crippen molar-refractivity contribution in [3.63, 3.8) is 0 Å². The van der Waals surface area contributed by atoms with Crippen molar-refractivity contribution in [2.75, 3.05) is 19.8 Å². The van der Waals surface area contributed by atoms with E-state index in [1.807, 2.05) is 13.8 Å². The van der Waals surface area contributed by atoms with E-state index in [9.17, 15) is 4.79 Å². The number of carbonyl (C=O) groups excluding carboxylic acids is 1. The van der Waals surface area contributed by atoms with Crippen LogP contribution in [0.3, 0.4) is 0 Å². The molecule has 0 aromatic carbocycles. The van der Waals surface area contributed by atoms with E-state index in [0.717, 1.165) is 6.42 Å². The van der Waals surface area contributed by atoms with Gasteiger partial charge in [0.25, 0.3) is 0 Å². The molecule has 72 valence electrons. The lowest BCUT2D eigenvalue weighted by Gasteiger charge is -2.07. The first-order chi connectivity index (χ1) is 5.72. The van der Waals surface area contributed by atoms with E-state index in [2.05, 4.69) is 21.2 Å². The average molecular weight is 238 g/mol. The Labute approximate surface area is 82.0 Å². The third kappa shape index (κ3) is 5.55. The zero-order valence-corrected chi connectivity index (χ0v) is 9.19. The van der Waals surface area contributed by atoms with Gasteiger partial charge in [-0.2, -0.15) is 0 Å². The van der Waals surface area contributed by atoms with Gasteiger partial charge in [-0.3, -0.25) is 4.79 Å². The van der Waals surface area contributed by atoms with Crippen molar-refractivity contribution in [2.45, 2.75) is 25.1 Å². The van der Waals surface area contributed by atoms with Crippen LogP contribution in [-0.4, -0.2) is 30.5 Å². The predicted molar refractivity (Wildman–Crippen MR) is 52.5 cm³/mol. The molecular weight excluding hydrogens is 222 g/mol. The molecule has 1 amide bonds. The first kappa shape index (κ1) is 11.9. The van der Waals surface area contributed by atoms with Crippen LogP contribution < -0.4 is 5.32 Å². The summed E-state index contributed by atoms with van der Waals surface area (Å²) in [6, 6.07) is 0. The minimum absolute atomic E-state index is 0.0391. The third-order valence-corrected chi connectivity index (χ3v) is 2.46. The molecule has 0 aromatic rings. The summed E-state index contributed by atoms with van der Waals surface area (Å²) >= 11 is 3.26. The molecule has 3 nitrogen and oxygen atoms in total. The van der Waals surface area contributed by atoms with E-state index in [0.29, 0.717) is 19.8 Å². The maximum absolute atomic E-state index is 11.1. The lowest BCUT2D eigenvalue weighted by atomic mass is 10.3. The Morgan fingerprint density at radius 3 is 2.75 bits per heavy atom. The van der Waals surface area contributed by atoms with Gasteiger partial charge < -0.3 is 10.1 Å². The molecule has 0 fully saturated rings. The number of hydrogen-bond acceptors (Lipinski definition) is 2. The van der Waals surface area contributed by atoms with Gasteiger partial charge in [0, 0.05) is 13.2 Å². The van der Waals surface area contributed by atoms with Gasteiger partial charge in [0.2, 0.25) is 5.91 Å². The van der Waals surface area contributed by atoms with Crippen molar-refractivity contribution < 1.29 is 9.53 Å². The van der Waals surface area contributed by atoms with E-state index < -0.39 is 0 Å². The summed E-state index contributed by atoms with van der Waals surface area (Å²) in [5.41, 5.74) is 0. The molecule has 0 spiro atoms. The van der Waals surface area contributed by atoms with Crippen LogP contribution in [0.25, 0.3) is 0 Å². The molecule has 0 aliphatic carbocycles. The number of rotatable bonds is 6. The molecule has 0 bridgehead atoms. The van der Waals surface area contributed by atoms with Crippen molar-refractivity contribution in [2.24, 2.45) is 0 Å². The maximum atomic E-state index is 11.1. The van der Waals surface area contributed by atoms with Crippen LogP contribution >= 0.6 is 15.9 Å². The zero-order chi connectivity index (χ0) is 9.40. The Balaban J connectivity index is 3.31. The number of ether oxygens (including phenoxy) is 1. The summed E-state index contributed by atoms with van der Waals surface area (Å²) in [7, 11) is 0. The van der Waals surface area contributed by atoms with Gasteiger partial charge in [-0.1, -0.05) is 22.9 Å². The van der Waals surface area contributed by atoms with Gasteiger partial charge in [0.15, 0.2) is 0 Å². The Morgan fingerprint density at radius 2 is 2.25 bits per heavy atom. The van der Waals surface area contributed by atoms with Crippen LogP contribution in [0, 0.1) is 0 Å². The number of halogens is 1. The lowest BCUT2D eigenvalue weighted by Crippen LogP contribution is -2.33. The molecule has 0 heterocycles. The highest BCUT2D eigenvalue weighted by atomic mass is 79.9. The van der Waals surface area contributed by atoms with Crippen molar-refractivity contribution in [3.8, 4) is 0 Å². The number of amides is 1. The van der Waals surface area contributed by atoms with Crippen molar-refractivity contribution in [3.05, 3.63) is 0 Å². The highest BCUT2D eigenvalue weighted by Gasteiger charge is 2.10. The van der Waals surface area contributed by atoms with Crippen LogP contribution in [0.2, 0.25) is 0 Å². The van der Waals surface area contributed by atoms with Crippen LogP contribution in [0.4, 0.5) is 0 Å². The van der Waals surface area contributed by atoms with Gasteiger partial charge in [0.1, 0.15) is 0 Å². The summed E-state index contributed by atoms with van der Waals surface area (Å²) in [6.07, 6.45) is 0.806. The van der Waals surface area contributed by atoms with Gasteiger partial charge in [-0.25, -0.2) is 0 Å². The van der Waals surface area contributed by atoms with Crippen molar-refractivity contribution in [1.82, 2.24) is 5.32 Å². The second-order valence-electron chi connectivity index (χ2n) is 2.36. The van der Waals surface area contributed by atoms with Gasteiger partial charge in [0.05, 0.1) is 11.4 Å². The second kappa shape index (κ2) is 7.55. The molecule has 0 aromatic heterocycles. The fourth-order valence-corrected chi connectivity index (χ4v) is 0.849. The molecule has 0 saturated carbocycles. The topological polar surface area (TPSA) is 38.3 Å². The summed E-state index contributed by atoms with van der Waals surface area (Å²) in [4.78, 5) is 11.1. The molecular formula is C8H16BrNO2. The zero-order valence-electron chi connectivity index (χ0n) is 7.60. The van der Waals surface area contributed by atoms with Crippen molar-refractivity contribution >= 4 is 21.8 Å². The summed E-state index contributed by atoms with van der Waals surface area (Å²) in [6.45, 7) is 5.77. The minimum Gasteiger partial charge on any atom is -0.380 e. The SMILES string of the molecule is CCOCCNC(=O)C(Br)CC. The van der Waals surface area contributed by atoms with E-state index in [4.69, 9.17) is 4.74 Å². The average Bonchev–Trinajstić information content (AvgIpc) is 2.10. The molecule has 0 aliphatic rings. The van der Waals surface area contributed by atoms with Crippen LogP contribution in [0.5, 0.6) is 0 Å². The Morgan fingerprint density at radius 1 is 1.58 bits per heavy atom. The largest absolute Gasteiger partial charge is 0.380 e. The highest BCUT2D eigenvalue weighted by molar-refractivity contribution is 9.10. The van der Waals surface area contributed by atoms with E-state index in [1.54, 1.807) is 0 Å². The van der Waals surface area contributed by atoms with Crippen molar-refractivity contribution in [1.29, 1.82) is 0 Å². The number of carbonyl (C=O) groups is 1. The molecule has 1 N–H and O–H groups in total. The summed E-state index contributed by atoms with van der Waals surface area (Å²) < 4.78 is 5.07. The quantitative estimate of drug-likeness (QED) is 0.559. The normalized spacial score (nSPS) is 12.6. The molecule has 1 unspecified atom stereocenters. The molecule has 0 aliphatic heterocycles. The van der Waals surface area contributed by atoms with Gasteiger partial charge in [-0.15, -0.1) is 0 Å². The molecule has 0 saturated heterocycles. The fraction of sp³-hybridized carbons (Fsp3) is 0.875. The fourth-order valence-electron chi connectivity index (χ4n) is 0.687. The van der Waals surface area contributed by atoms with Crippen LogP contribution in [0.15, 0.2) is 0 Å². The first-order valence-electron chi connectivity index (χ1n) is 4.21. The summed E-state index contributed by atoms with van der Waals surface area (Å²) in [5.74, 6) is 0.0391. The molecule has 1 atom stereocenters. The third-order valence-electron chi connectivity index (χ3n) is 1.39. The lowest BCUT2D eigenvalue weighted by molar-refractivity contribution is -0.120. The van der Waals surface area contributed by atoms with E-state index >= 15 is 0 Å². The molecule has 0 rings (SSSR count). The Bertz CT molecular complexity index is 130. The molecule has 12 heavy (non-hydrogen) atoms. The summed E-state index contributed by atoms with van der Waals surface area (Å²) in [5, 5.41) is 2.76. The van der Waals surface area contributed by atoms with Gasteiger partial charge >= 0.3 is 0 Å². The standard InChI is InChI=1S/C8H16BrNO2/c1-3-7(9)8(11)10-5-6-12-4-2/h7H,3-6H2,1-2H3,(H,10,11). The monoisotopic (exact) mass is 237 g/mol. The molecule has 0 radical (unpaired) electrons. The predicted octanol–water partition coefficient (Wildman–Crippen LogP) is 1.31. The second-order valence-corrected chi connectivity index (χ2v) is 3.47. The molecule has 4 heteroatoms. The number of hydrogen-bond donors (Lipinski definition) is 1. The maximum Gasteiger partial charge on any atom is 0.233 e. The smallest absolute Gasteiger partial charge is 0.233 e. The highest BCUT2D eigenvalue weighted by Crippen LogP contribution is 2.02. The number of nitrogens with one attached hydrogen (secondary N) is 1. The Hall–Kier alpha value is -0.0900. The number of alkyl halides is 1. The Kier molecular flexibility index (Phi) is 7.50. The van der Waals surface area contributed by atoms with E-state index in [-0.39, 0.29) is 10.7 Å². The van der Waals surface area contributed by atoms with Gasteiger partial charge in [-0.05, 0) is 13.3 Å². The van der Waals surface area contributed by atoms with Crippen LogP contribution in [-0.2, 0) is 9.53 Å².